The summed E-state index contributed by atoms with van der Waals surface area (Å²) in [7, 11) is 4.11. The van der Waals surface area contributed by atoms with Gasteiger partial charge in [-0.1, -0.05) is 61.9 Å². The summed E-state index contributed by atoms with van der Waals surface area (Å²) in [5, 5.41) is 1.13. The first-order valence-corrected chi connectivity index (χ1v) is 13.6. The highest BCUT2D eigenvalue weighted by atomic mass is 19.1. The molecule has 2 atom stereocenters. The Kier molecular flexibility index (Phi) is 7.36. The summed E-state index contributed by atoms with van der Waals surface area (Å²) in [5.74, 6) is 5.26. The number of halogens is 1. The van der Waals surface area contributed by atoms with Crippen LogP contribution in [0.2, 0.25) is 0 Å². The molecule has 1 aromatic heterocycles. The smallest absolute Gasteiger partial charge is 0.139 e. The molecule has 0 radical (unpaired) electrons. The Hall–Kier alpha value is -2.49. The van der Waals surface area contributed by atoms with E-state index in [0.717, 1.165) is 58.7 Å². The molecule has 35 heavy (non-hydrogen) atoms. The molecule has 4 heteroatoms. The first-order chi connectivity index (χ1) is 17.0. The van der Waals surface area contributed by atoms with Crippen LogP contribution in [0.4, 0.5) is 10.2 Å². The molecule has 0 amide bonds. The van der Waals surface area contributed by atoms with Crippen LogP contribution in [0.5, 0.6) is 0 Å². The minimum absolute atomic E-state index is 0.0196. The Bertz CT molecular complexity index is 1150. The molecular formula is C31H40FN3. The van der Waals surface area contributed by atoms with Crippen molar-refractivity contribution in [2.45, 2.75) is 71.1 Å². The molecule has 1 heterocycles. The van der Waals surface area contributed by atoms with Gasteiger partial charge in [-0.3, -0.25) is 0 Å². The molecule has 2 saturated carbocycles. The van der Waals surface area contributed by atoms with Gasteiger partial charge in [0.25, 0.3) is 0 Å². The molecule has 0 saturated heterocycles. The van der Waals surface area contributed by atoms with Gasteiger partial charge in [0.05, 0.1) is 5.52 Å². The van der Waals surface area contributed by atoms with E-state index < -0.39 is 0 Å². The van der Waals surface area contributed by atoms with Crippen molar-refractivity contribution in [2.75, 3.05) is 19.0 Å². The van der Waals surface area contributed by atoms with Crippen LogP contribution in [0, 0.1) is 36.4 Å². The van der Waals surface area contributed by atoms with Crippen molar-refractivity contribution in [2.24, 2.45) is 23.7 Å². The van der Waals surface area contributed by atoms with Crippen LogP contribution in [-0.2, 0) is 12.8 Å². The van der Waals surface area contributed by atoms with Gasteiger partial charge in [-0.05, 0) is 80.0 Å². The Balaban J connectivity index is 1.04. The van der Waals surface area contributed by atoms with Crippen molar-refractivity contribution in [1.82, 2.24) is 9.97 Å². The van der Waals surface area contributed by atoms with E-state index in [-0.39, 0.29) is 5.82 Å². The van der Waals surface area contributed by atoms with Gasteiger partial charge in [-0.15, -0.1) is 0 Å². The Morgan fingerprint density at radius 2 is 1.71 bits per heavy atom. The topological polar surface area (TPSA) is 29.0 Å². The molecule has 0 N–H and O–H groups in total. The summed E-state index contributed by atoms with van der Waals surface area (Å²) < 4.78 is 14.1. The molecule has 2 aliphatic carbocycles. The van der Waals surface area contributed by atoms with Gasteiger partial charge in [0, 0.05) is 25.9 Å². The third-order valence-corrected chi connectivity index (χ3v) is 8.42. The molecule has 2 fully saturated rings. The Morgan fingerprint density at radius 3 is 2.51 bits per heavy atom. The van der Waals surface area contributed by atoms with E-state index in [1.165, 1.54) is 56.9 Å². The van der Waals surface area contributed by atoms with Crippen LogP contribution in [-0.4, -0.2) is 24.1 Å². The lowest BCUT2D eigenvalue weighted by atomic mass is 9.77. The van der Waals surface area contributed by atoms with Crippen molar-refractivity contribution in [3.8, 4) is 0 Å². The summed E-state index contributed by atoms with van der Waals surface area (Å²) in [6.45, 7) is 2.06. The standard InChI is InChI=1S/C31H40FN3/c1-21-11-16-28(32)26(17-21)20-25-19-24(25)18-23-14-12-22(13-15-23)7-6-10-30-33-29-9-5-4-8-27(29)31(34-30)35(2)3/h4-5,8-9,11,16-17,22-25H,6-7,10,12-15,18-20H2,1-3H3. The zero-order valence-corrected chi connectivity index (χ0v) is 21.6. The van der Waals surface area contributed by atoms with E-state index in [1.807, 2.05) is 12.1 Å². The number of nitrogens with zero attached hydrogens (tertiary/aromatic N) is 3. The average molecular weight is 474 g/mol. The average Bonchev–Trinajstić information content (AvgIpc) is 3.58. The second-order valence-electron chi connectivity index (χ2n) is 11.4. The maximum atomic E-state index is 14.1. The molecule has 3 nitrogen and oxygen atoms in total. The van der Waals surface area contributed by atoms with Crippen LogP contribution >= 0.6 is 0 Å². The van der Waals surface area contributed by atoms with Crippen LogP contribution < -0.4 is 4.90 Å². The van der Waals surface area contributed by atoms with Crippen LogP contribution in [0.3, 0.4) is 0 Å². The lowest BCUT2D eigenvalue weighted by molar-refractivity contribution is 0.241. The van der Waals surface area contributed by atoms with Gasteiger partial charge in [-0.25, -0.2) is 14.4 Å². The summed E-state index contributed by atoms with van der Waals surface area (Å²) in [4.78, 5) is 11.8. The van der Waals surface area contributed by atoms with Gasteiger partial charge in [0.2, 0.25) is 0 Å². The number of benzene rings is 2. The Morgan fingerprint density at radius 1 is 0.943 bits per heavy atom. The highest BCUT2D eigenvalue weighted by Gasteiger charge is 2.39. The van der Waals surface area contributed by atoms with E-state index in [9.17, 15) is 4.39 Å². The summed E-state index contributed by atoms with van der Waals surface area (Å²) in [6.07, 6.45) is 12.5. The third-order valence-electron chi connectivity index (χ3n) is 8.42. The fourth-order valence-electron chi connectivity index (χ4n) is 6.28. The minimum atomic E-state index is -0.0196. The Labute approximate surface area is 210 Å². The molecule has 0 bridgehead atoms. The second kappa shape index (κ2) is 10.6. The summed E-state index contributed by atoms with van der Waals surface area (Å²) in [6, 6.07) is 13.9. The second-order valence-corrected chi connectivity index (χ2v) is 11.4. The molecule has 0 aliphatic heterocycles. The third kappa shape index (κ3) is 6.02. The van der Waals surface area contributed by atoms with Gasteiger partial charge in [0.1, 0.15) is 17.5 Å². The maximum absolute atomic E-state index is 14.1. The fraction of sp³-hybridized carbons (Fsp3) is 0.548. The molecule has 0 spiro atoms. The SMILES string of the molecule is Cc1ccc(F)c(CC2CC2CC2CCC(CCCc3nc(N(C)C)c4ccccc4n3)CC2)c1. The molecule has 2 aliphatic rings. The molecule has 186 valence electrons. The minimum Gasteiger partial charge on any atom is -0.362 e. The van der Waals surface area contributed by atoms with E-state index in [1.54, 1.807) is 6.07 Å². The van der Waals surface area contributed by atoms with Gasteiger partial charge < -0.3 is 4.90 Å². The maximum Gasteiger partial charge on any atom is 0.139 e. The number of rotatable bonds is 9. The summed E-state index contributed by atoms with van der Waals surface area (Å²) >= 11 is 0. The fourth-order valence-corrected chi connectivity index (χ4v) is 6.28. The number of hydrogen-bond acceptors (Lipinski definition) is 3. The number of aromatic nitrogens is 2. The molecular weight excluding hydrogens is 433 g/mol. The molecule has 3 aromatic rings. The van der Waals surface area contributed by atoms with Crippen LogP contribution in [0.25, 0.3) is 10.9 Å². The van der Waals surface area contributed by atoms with E-state index >= 15 is 0 Å². The number of fused-ring (bicyclic) bond motifs is 1. The van der Waals surface area contributed by atoms with Crippen LogP contribution in [0.15, 0.2) is 42.5 Å². The predicted molar refractivity (Wildman–Crippen MR) is 143 cm³/mol. The van der Waals surface area contributed by atoms with Crippen molar-refractivity contribution in [3.05, 3.63) is 65.2 Å². The van der Waals surface area contributed by atoms with E-state index in [2.05, 4.69) is 50.2 Å². The zero-order valence-electron chi connectivity index (χ0n) is 21.6. The number of anilines is 1. The summed E-state index contributed by atoms with van der Waals surface area (Å²) in [5.41, 5.74) is 3.14. The van der Waals surface area contributed by atoms with E-state index in [0.29, 0.717) is 5.92 Å². The number of aryl methyl sites for hydroxylation is 2. The highest BCUT2D eigenvalue weighted by Crippen LogP contribution is 2.48. The molecule has 5 rings (SSSR count). The monoisotopic (exact) mass is 473 g/mol. The normalized spacial score (nSPS) is 24.0. The number of para-hydroxylation sites is 1. The lowest BCUT2D eigenvalue weighted by Crippen LogP contribution is -2.16. The van der Waals surface area contributed by atoms with Crippen LogP contribution in [0.1, 0.15) is 68.3 Å². The highest BCUT2D eigenvalue weighted by molar-refractivity contribution is 5.89. The number of hydrogen-bond donors (Lipinski definition) is 0. The molecule has 2 aromatic carbocycles. The quantitative estimate of drug-likeness (QED) is 0.321. The largest absolute Gasteiger partial charge is 0.362 e. The van der Waals surface area contributed by atoms with Crippen molar-refractivity contribution >= 4 is 16.7 Å². The first-order valence-electron chi connectivity index (χ1n) is 13.6. The van der Waals surface area contributed by atoms with Crippen molar-refractivity contribution in [1.29, 1.82) is 0 Å². The van der Waals surface area contributed by atoms with Crippen molar-refractivity contribution < 1.29 is 4.39 Å². The van der Waals surface area contributed by atoms with E-state index in [4.69, 9.17) is 9.97 Å². The predicted octanol–water partition coefficient (Wildman–Crippen LogP) is 7.54. The molecule has 2 unspecified atom stereocenters. The van der Waals surface area contributed by atoms with Crippen molar-refractivity contribution in [3.63, 3.8) is 0 Å². The van der Waals surface area contributed by atoms with Gasteiger partial charge >= 0.3 is 0 Å². The zero-order chi connectivity index (χ0) is 24.4. The first kappa shape index (κ1) is 24.2. The van der Waals surface area contributed by atoms with Gasteiger partial charge in [0.15, 0.2) is 0 Å². The lowest BCUT2D eigenvalue weighted by Gasteiger charge is -2.28. The van der Waals surface area contributed by atoms with Gasteiger partial charge in [-0.2, -0.15) is 0 Å².